The van der Waals surface area contributed by atoms with E-state index in [0.717, 1.165) is 11.3 Å². The number of hydrogen-bond acceptors (Lipinski definition) is 0. The van der Waals surface area contributed by atoms with Crippen LogP contribution in [0.15, 0.2) is 0 Å². The molecule has 0 aliphatic heterocycles. The second kappa shape index (κ2) is 5.02. The van der Waals surface area contributed by atoms with Gasteiger partial charge in [-0.15, -0.1) is 0 Å². The molecule has 0 amide bonds. The fourth-order valence-electron chi connectivity index (χ4n) is 3.10. The average Bonchev–Trinajstić information content (AvgIpc) is 2.54. The molecule has 0 N–H and O–H groups in total. The van der Waals surface area contributed by atoms with Crippen molar-refractivity contribution in [3.05, 3.63) is 0 Å². The lowest BCUT2D eigenvalue weighted by Crippen LogP contribution is -2.19. The molecule has 1 atom stereocenters. The second-order valence-corrected chi connectivity index (χ2v) is 5.17. The predicted octanol–water partition coefficient (Wildman–Crippen LogP) is 4.78. The van der Waals surface area contributed by atoms with Crippen molar-refractivity contribution >= 4 is 0 Å². The average molecular weight is 182 g/mol. The van der Waals surface area contributed by atoms with Gasteiger partial charge in [0.2, 0.25) is 0 Å². The van der Waals surface area contributed by atoms with Crippen molar-refractivity contribution in [3.8, 4) is 0 Å². The van der Waals surface area contributed by atoms with Gasteiger partial charge in [0.25, 0.3) is 0 Å². The van der Waals surface area contributed by atoms with E-state index >= 15 is 0 Å². The summed E-state index contributed by atoms with van der Waals surface area (Å²) in [6, 6.07) is 0. The Balaban J connectivity index is 2.46. The molecule has 0 aromatic heterocycles. The second-order valence-electron chi connectivity index (χ2n) is 5.17. The van der Waals surface area contributed by atoms with Crippen LogP contribution in [0.4, 0.5) is 0 Å². The van der Waals surface area contributed by atoms with Gasteiger partial charge in [0.05, 0.1) is 0 Å². The summed E-state index contributed by atoms with van der Waals surface area (Å²) >= 11 is 0. The van der Waals surface area contributed by atoms with E-state index in [1.807, 2.05) is 0 Å². The zero-order chi connectivity index (χ0) is 9.73. The SMILES string of the molecule is CCCC1(CC(C)CC)CCCC1. The molecule has 13 heavy (non-hydrogen) atoms. The monoisotopic (exact) mass is 182 g/mol. The maximum atomic E-state index is 2.43. The third-order valence-corrected chi connectivity index (χ3v) is 3.92. The Hall–Kier alpha value is 0. The summed E-state index contributed by atoms with van der Waals surface area (Å²) in [6.07, 6.45) is 11.8. The minimum atomic E-state index is 0.768. The molecule has 0 nitrogen and oxygen atoms in total. The highest BCUT2D eigenvalue weighted by Crippen LogP contribution is 2.46. The van der Waals surface area contributed by atoms with Crippen LogP contribution in [0.1, 0.15) is 72.1 Å². The van der Waals surface area contributed by atoms with Crippen LogP contribution in [0.5, 0.6) is 0 Å². The smallest absolute Gasteiger partial charge is 0.0295 e. The van der Waals surface area contributed by atoms with E-state index in [2.05, 4.69) is 20.8 Å². The van der Waals surface area contributed by atoms with Gasteiger partial charge >= 0.3 is 0 Å². The van der Waals surface area contributed by atoms with E-state index in [1.165, 1.54) is 51.4 Å². The Morgan fingerprint density at radius 3 is 2.23 bits per heavy atom. The molecule has 0 aromatic rings. The Bertz CT molecular complexity index is 131. The van der Waals surface area contributed by atoms with Gasteiger partial charge in [-0.2, -0.15) is 0 Å². The van der Waals surface area contributed by atoms with Gasteiger partial charge in [-0.05, 0) is 37.0 Å². The van der Waals surface area contributed by atoms with E-state index in [1.54, 1.807) is 0 Å². The van der Waals surface area contributed by atoms with Gasteiger partial charge in [0.15, 0.2) is 0 Å². The molecule has 1 aliphatic carbocycles. The molecular weight excluding hydrogens is 156 g/mol. The van der Waals surface area contributed by atoms with Crippen molar-refractivity contribution in [1.29, 1.82) is 0 Å². The highest BCUT2D eigenvalue weighted by atomic mass is 14.4. The fourth-order valence-corrected chi connectivity index (χ4v) is 3.10. The fraction of sp³-hybridized carbons (Fsp3) is 1.00. The van der Waals surface area contributed by atoms with Gasteiger partial charge < -0.3 is 0 Å². The molecule has 0 radical (unpaired) electrons. The molecular formula is C13H26. The van der Waals surface area contributed by atoms with Crippen LogP contribution in [0.2, 0.25) is 0 Å². The topological polar surface area (TPSA) is 0 Å². The summed E-state index contributed by atoms with van der Waals surface area (Å²) in [5.41, 5.74) is 0.768. The molecule has 0 heteroatoms. The lowest BCUT2D eigenvalue weighted by molar-refractivity contribution is 0.204. The van der Waals surface area contributed by atoms with Crippen LogP contribution < -0.4 is 0 Å². The third-order valence-electron chi connectivity index (χ3n) is 3.92. The van der Waals surface area contributed by atoms with E-state index in [0.29, 0.717) is 0 Å². The Labute approximate surface area is 84.1 Å². The molecule has 1 unspecified atom stereocenters. The normalized spacial score (nSPS) is 23.3. The number of hydrogen-bond donors (Lipinski definition) is 0. The van der Waals surface area contributed by atoms with E-state index < -0.39 is 0 Å². The molecule has 1 aliphatic rings. The minimum Gasteiger partial charge on any atom is -0.0654 e. The summed E-state index contributed by atoms with van der Waals surface area (Å²) in [4.78, 5) is 0. The van der Waals surface area contributed by atoms with Crippen LogP contribution in [-0.2, 0) is 0 Å². The first-order chi connectivity index (χ1) is 6.22. The molecule has 1 rings (SSSR count). The maximum Gasteiger partial charge on any atom is -0.0295 e. The molecule has 0 saturated heterocycles. The highest BCUT2D eigenvalue weighted by Gasteiger charge is 2.33. The van der Waals surface area contributed by atoms with Gasteiger partial charge in [-0.25, -0.2) is 0 Å². The van der Waals surface area contributed by atoms with E-state index in [4.69, 9.17) is 0 Å². The van der Waals surface area contributed by atoms with Crippen LogP contribution >= 0.6 is 0 Å². The van der Waals surface area contributed by atoms with Gasteiger partial charge in [0, 0.05) is 0 Å². The highest BCUT2D eigenvalue weighted by molar-refractivity contribution is 4.85. The van der Waals surface area contributed by atoms with Crippen LogP contribution in [0.3, 0.4) is 0 Å². The molecule has 0 spiro atoms. The molecule has 78 valence electrons. The first-order valence-electron chi connectivity index (χ1n) is 6.22. The van der Waals surface area contributed by atoms with Crippen LogP contribution in [0.25, 0.3) is 0 Å². The van der Waals surface area contributed by atoms with Crippen molar-refractivity contribution in [1.82, 2.24) is 0 Å². The first kappa shape index (κ1) is 11.1. The Kier molecular flexibility index (Phi) is 4.28. The van der Waals surface area contributed by atoms with E-state index in [9.17, 15) is 0 Å². The summed E-state index contributed by atoms with van der Waals surface area (Å²) < 4.78 is 0. The van der Waals surface area contributed by atoms with Gasteiger partial charge in [-0.3, -0.25) is 0 Å². The zero-order valence-electron chi connectivity index (χ0n) is 9.73. The molecule has 0 aromatic carbocycles. The minimum absolute atomic E-state index is 0.768. The summed E-state index contributed by atoms with van der Waals surface area (Å²) in [7, 11) is 0. The largest absolute Gasteiger partial charge is 0.0654 e. The molecule has 0 bridgehead atoms. The quantitative estimate of drug-likeness (QED) is 0.574. The molecule has 1 saturated carbocycles. The zero-order valence-corrected chi connectivity index (χ0v) is 9.73. The first-order valence-corrected chi connectivity index (χ1v) is 6.22. The van der Waals surface area contributed by atoms with Crippen molar-refractivity contribution < 1.29 is 0 Å². The maximum absolute atomic E-state index is 2.43. The van der Waals surface area contributed by atoms with Crippen LogP contribution in [-0.4, -0.2) is 0 Å². The summed E-state index contributed by atoms with van der Waals surface area (Å²) in [5, 5.41) is 0. The predicted molar refractivity (Wildman–Crippen MR) is 59.9 cm³/mol. The van der Waals surface area contributed by atoms with Crippen molar-refractivity contribution in [2.24, 2.45) is 11.3 Å². The van der Waals surface area contributed by atoms with Crippen molar-refractivity contribution in [2.75, 3.05) is 0 Å². The standard InChI is InChI=1S/C13H26/c1-4-8-13(9-6-7-10-13)11-12(3)5-2/h12H,4-11H2,1-3H3. The molecule has 0 heterocycles. The lowest BCUT2D eigenvalue weighted by atomic mass is 9.74. The Morgan fingerprint density at radius 2 is 1.77 bits per heavy atom. The van der Waals surface area contributed by atoms with E-state index in [-0.39, 0.29) is 0 Å². The van der Waals surface area contributed by atoms with Gasteiger partial charge in [0.1, 0.15) is 0 Å². The number of rotatable bonds is 5. The Morgan fingerprint density at radius 1 is 1.15 bits per heavy atom. The van der Waals surface area contributed by atoms with Crippen LogP contribution in [0, 0.1) is 11.3 Å². The van der Waals surface area contributed by atoms with Gasteiger partial charge in [-0.1, -0.05) is 46.5 Å². The van der Waals surface area contributed by atoms with Crippen molar-refractivity contribution in [3.63, 3.8) is 0 Å². The summed E-state index contributed by atoms with van der Waals surface area (Å²) in [6.45, 7) is 7.10. The summed E-state index contributed by atoms with van der Waals surface area (Å²) in [5.74, 6) is 0.949. The van der Waals surface area contributed by atoms with Crippen molar-refractivity contribution in [2.45, 2.75) is 72.1 Å². The molecule has 1 fully saturated rings. The lowest BCUT2D eigenvalue weighted by Gasteiger charge is -2.31. The third kappa shape index (κ3) is 3.00.